The molecule has 0 bridgehead atoms. The predicted molar refractivity (Wildman–Crippen MR) is 293 cm³/mol. The molecule has 0 saturated carbocycles. The summed E-state index contributed by atoms with van der Waals surface area (Å²) in [6.07, 6.45) is 72.8. The molecule has 6 nitrogen and oxygen atoms in total. The molecule has 0 aliphatic rings. The molecule has 0 fully saturated rings. The fourth-order valence-corrected chi connectivity index (χ4v) is 7.79. The lowest BCUT2D eigenvalue weighted by Gasteiger charge is -2.18. The molecule has 0 N–H and O–H groups in total. The monoisotopic (exact) mass is 947 g/mol. The average molecular weight is 948 g/mol. The van der Waals surface area contributed by atoms with Gasteiger partial charge in [-0.3, -0.25) is 14.4 Å². The molecule has 0 aromatic heterocycles. The van der Waals surface area contributed by atoms with Crippen LogP contribution < -0.4 is 0 Å². The Morgan fingerprint density at radius 1 is 0.294 bits per heavy atom. The molecule has 68 heavy (non-hydrogen) atoms. The minimum Gasteiger partial charge on any atom is -0.462 e. The summed E-state index contributed by atoms with van der Waals surface area (Å²) in [5.41, 5.74) is 0. The van der Waals surface area contributed by atoms with Crippen LogP contribution in [0.1, 0.15) is 271 Å². The summed E-state index contributed by atoms with van der Waals surface area (Å²) < 4.78 is 16.8. The summed E-state index contributed by atoms with van der Waals surface area (Å²) in [7, 11) is 0. The van der Waals surface area contributed by atoms with Gasteiger partial charge in [-0.2, -0.15) is 0 Å². The van der Waals surface area contributed by atoms with Gasteiger partial charge < -0.3 is 14.2 Å². The number of hydrogen-bond donors (Lipinski definition) is 0. The van der Waals surface area contributed by atoms with E-state index in [4.69, 9.17) is 14.2 Å². The minimum absolute atomic E-state index is 0.0908. The van der Waals surface area contributed by atoms with E-state index in [0.29, 0.717) is 19.3 Å². The van der Waals surface area contributed by atoms with Gasteiger partial charge in [0.2, 0.25) is 0 Å². The number of esters is 3. The Hall–Kier alpha value is -3.41. The first-order valence-electron chi connectivity index (χ1n) is 28.6. The van der Waals surface area contributed by atoms with Crippen LogP contribution in [0.4, 0.5) is 0 Å². The molecule has 6 heteroatoms. The highest BCUT2D eigenvalue weighted by Crippen LogP contribution is 2.15. The van der Waals surface area contributed by atoms with Crippen LogP contribution >= 0.6 is 0 Å². The van der Waals surface area contributed by atoms with Gasteiger partial charge in [0.15, 0.2) is 6.10 Å². The first-order valence-corrected chi connectivity index (χ1v) is 28.6. The van der Waals surface area contributed by atoms with Crippen molar-refractivity contribution >= 4 is 17.9 Å². The molecular formula is C62H106O6. The highest BCUT2D eigenvalue weighted by molar-refractivity contribution is 5.71. The third-order valence-corrected chi connectivity index (χ3v) is 12.1. The van der Waals surface area contributed by atoms with E-state index in [2.05, 4.69) is 106 Å². The molecule has 0 saturated heterocycles. The van der Waals surface area contributed by atoms with Gasteiger partial charge in [0.1, 0.15) is 13.2 Å². The standard InChI is InChI=1S/C62H106O6/c1-4-7-10-13-16-19-22-25-27-29-31-33-35-37-40-43-46-49-52-55-61(64)67-58-59(57-66-60(63)54-51-48-45-42-39-24-21-18-15-12-9-6-3)68-62(65)56-53-50-47-44-41-38-36-34-32-30-28-26-23-20-17-14-11-8-5-2/h16-17,19-20,25-28,31-34,37,40,59H,4-15,18,21-24,29-30,35-36,38-39,41-58H2,1-3H3/b19-16-,20-17-,27-25-,28-26-,33-31-,34-32-,40-37-/t59-/m1/s1. The van der Waals surface area contributed by atoms with Crippen molar-refractivity contribution in [1.29, 1.82) is 0 Å². The van der Waals surface area contributed by atoms with Crippen molar-refractivity contribution < 1.29 is 28.6 Å². The Balaban J connectivity index is 4.45. The Morgan fingerprint density at radius 2 is 0.529 bits per heavy atom. The molecular weight excluding hydrogens is 841 g/mol. The van der Waals surface area contributed by atoms with E-state index < -0.39 is 6.10 Å². The van der Waals surface area contributed by atoms with Gasteiger partial charge in [0, 0.05) is 19.3 Å². The van der Waals surface area contributed by atoms with Gasteiger partial charge >= 0.3 is 17.9 Å². The van der Waals surface area contributed by atoms with Crippen molar-refractivity contribution in [3.8, 4) is 0 Å². The second kappa shape index (κ2) is 56.2. The minimum atomic E-state index is -0.796. The van der Waals surface area contributed by atoms with Gasteiger partial charge in [-0.1, -0.05) is 234 Å². The Labute approximate surface area is 420 Å². The third kappa shape index (κ3) is 53.5. The number of hydrogen-bond acceptors (Lipinski definition) is 6. The zero-order chi connectivity index (χ0) is 49.3. The number of ether oxygens (including phenoxy) is 3. The second-order valence-electron chi connectivity index (χ2n) is 18.8. The maximum absolute atomic E-state index is 12.9. The van der Waals surface area contributed by atoms with Crippen LogP contribution in [0.25, 0.3) is 0 Å². The largest absolute Gasteiger partial charge is 0.462 e. The van der Waals surface area contributed by atoms with Crippen LogP contribution in [0.2, 0.25) is 0 Å². The Morgan fingerprint density at radius 3 is 0.868 bits per heavy atom. The van der Waals surface area contributed by atoms with Crippen LogP contribution in [0.5, 0.6) is 0 Å². The third-order valence-electron chi connectivity index (χ3n) is 12.1. The van der Waals surface area contributed by atoms with Crippen molar-refractivity contribution in [3.05, 3.63) is 85.1 Å². The number of rotatable bonds is 51. The fourth-order valence-electron chi connectivity index (χ4n) is 7.79. The molecule has 0 unspecified atom stereocenters. The predicted octanol–water partition coefficient (Wildman–Crippen LogP) is 19.2. The molecule has 0 aliphatic heterocycles. The van der Waals surface area contributed by atoms with Crippen molar-refractivity contribution in [3.63, 3.8) is 0 Å². The summed E-state index contributed by atoms with van der Waals surface area (Å²) in [5, 5.41) is 0. The first-order chi connectivity index (χ1) is 33.5. The molecule has 0 heterocycles. The van der Waals surface area contributed by atoms with E-state index in [1.54, 1.807) is 0 Å². The van der Waals surface area contributed by atoms with E-state index in [-0.39, 0.29) is 31.1 Å². The summed E-state index contributed by atoms with van der Waals surface area (Å²) in [6.45, 7) is 6.55. The number of carbonyl (C=O) groups is 3. The quantitative estimate of drug-likeness (QED) is 0.0262. The maximum atomic E-state index is 12.9. The molecule has 0 aromatic carbocycles. The van der Waals surface area contributed by atoms with Gasteiger partial charge in [-0.05, 0) is 103 Å². The van der Waals surface area contributed by atoms with E-state index in [1.165, 1.54) is 122 Å². The second-order valence-corrected chi connectivity index (χ2v) is 18.8. The first kappa shape index (κ1) is 64.6. The van der Waals surface area contributed by atoms with Crippen LogP contribution in [-0.4, -0.2) is 37.2 Å². The normalized spacial score (nSPS) is 12.7. The number of unbranched alkanes of at least 4 members (excludes halogenated alkanes) is 26. The van der Waals surface area contributed by atoms with Crippen LogP contribution in [0, 0.1) is 0 Å². The lowest BCUT2D eigenvalue weighted by molar-refractivity contribution is -0.167. The Kier molecular flexibility index (Phi) is 53.4. The summed E-state index contributed by atoms with van der Waals surface area (Å²) >= 11 is 0. The SMILES string of the molecule is CCCCC/C=C\C/C=C\C/C=C\C/C=C\CCCCCC(=O)OC[C@@H](COC(=O)CCCCCCCCCCCCCC)OC(=O)CCCCCCCC/C=C\C/C=C\C/C=C\CCCCC. The molecule has 0 aliphatic carbocycles. The van der Waals surface area contributed by atoms with Gasteiger partial charge in [-0.15, -0.1) is 0 Å². The maximum Gasteiger partial charge on any atom is 0.306 e. The lowest BCUT2D eigenvalue weighted by atomic mass is 10.0. The van der Waals surface area contributed by atoms with Crippen molar-refractivity contribution in [1.82, 2.24) is 0 Å². The van der Waals surface area contributed by atoms with Gasteiger partial charge in [-0.25, -0.2) is 0 Å². The number of allylic oxidation sites excluding steroid dienone is 14. The van der Waals surface area contributed by atoms with E-state index in [1.807, 2.05) is 0 Å². The Bertz CT molecular complexity index is 1320. The molecule has 1 atom stereocenters. The van der Waals surface area contributed by atoms with Crippen molar-refractivity contribution in [2.24, 2.45) is 0 Å². The topological polar surface area (TPSA) is 78.9 Å². The van der Waals surface area contributed by atoms with Gasteiger partial charge in [0.05, 0.1) is 0 Å². The molecule has 0 aromatic rings. The lowest BCUT2D eigenvalue weighted by Crippen LogP contribution is -2.30. The van der Waals surface area contributed by atoms with Crippen molar-refractivity contribution in [2.45, 2.75) is 277 Å². The van der Waals surface area contributed by atoms with Crippen LogP contribution in [0.3, 0.4) is 0 Å². The van der Waals surface area contributed by atoms with Crippen LogP contribution in [-0.2, 0) is 28.6 Å². The zero-order valence-electron chi connectivity index (χ0n) is 44.6. The average Bonchev–Trinajstić information content (AvgIpc) is 3.34. The molecule has 0 rings (SSSR count). The van der Waals surface area contributed by atoms with Crippen LogP contribution in [0.15, 0.2) is 85.1 Å². The van der Waals surface area contributed by atoms with E-state index in [0.717, 1.165) is 109 Å². The highest BCUT2D eigenvalue weighted by Gasteiger charge is 2.19. The van der Waals surface area contributed by atoms with E-state index >= 15 is 0 Å². The summed E-state index contributed by atoms with van der Waals surface area (Å²) in [6, 6.07) is 0. The zero-order valence-corrected chi connectivity index (χ0v) is 44.6. The smallest absolute Gasteiger partial charge is 0.306 e. The molecule has 390 valence electrons. The molecule has 0 radical (unpaired) electrons. The van der Waals surface area contributed by atoms with Crippen molar-refractivity contribution in [2.75, 3.05) is 13.2 Å². The summed E-state index contributed by atoms with van der Waals surface area (Å²) in [4.78, 5) is 38.1. The highest BCUT2D eigenvalue weighted by atomic mass is 16.6. The fraction of sp³-hybridized carbons (Fsp3) is 0.726. The summed E-state index contributed by atoms with van der Waals surface area (Å²) in [5.74, 6) is -0.931. The molecule has 0 spiro atoms. The number of carbonyl (C=O) groups excluding carboxylic acids is 3. The van der Waals surface area contributed by atoms with Gasteiger partial charge in [0.25, 0.3) is 0 Å². The molecule has 0 amide bonds. The van der Waals surface area contributed by atoms with E-state index in [9.17, 15) is 14.4 Å².